The number of hydrogen-bond acceptors (Lipinski definition) is 4. The van der Waals surface area contributed by atoms with Gasteiger partial charge in [-0.05, 0) is 18.2 Å². The van der Waals surface area contributed by atoms with E-state index in [0.29, 0.717) is 16.1 Å². The maximum Gasteiger partial charge on any atom is 0.362 e. The Morgan fingerprint density at radius 2 is 2.11 bits per heavy atom. The molecular formula is C14H14ClNO3. The number of rotatable bonds is 1. The van der Waals surface area contributed by atoms with Crippen molar-refractivity contribution in [2.45, 2.75) is 20.8 Å². The molecule has 0 aliphatic carbocycles. The van der Waals surface area contributed by atoms with E-state index in [1.54, 1.807) is 18.2 Å². The fourth-order valence-corrected chi connectivity index (χ4v) is 1.60. The van der Waals surface area contributed by atoms with Crippen molar-refractivity contribution in [1.82, 2.24) is 4.98 Å². The van der Waals surface area contributed by atoms with Crippen molar-refractivity contribution < 1.29 is 9.52 Å². The van der Waals surface area contributed by atoms with Gasteiger partial charge < -0.3 is 9.52 Å². The SMILES string of the molecule is CC(C)(C)/C(O)=C/c1nc2cc(Cl)ccc2oc1=O. The summed E-state index contributed by atoms with van der Waals surface area (Å²) < 4.78 is 5.13. The maximum absolute atomic E-state index is 11.8. The zero-order chi connectivity index (χ0) is 14.2. The van der Waals surface area contributed by atoms with Gasteiger partial charge in [-0.15, -0.1) is 0 Å². The summed E-state index contributed by atoms with van der Waals surface area (Å²) in [5.41, 5.74) is -0.160. The van der Waals surface area contributed by atoms with Gasteiger partial charge in [-0.1, -0.05) is 32.4 Å². The third kappa shape index (κ3) is 2.96. The van der Waals surface area contributed by atoms with E-state index in [0.717, 1.165) is 0 Å². The van der Waals surface area contributed by atoms with Crippen LogP contribution in [0.1, 0.15) is 26.5 Å². The van der Waals surface area contributed by atoms with Crippen LogP contribution < -0.4 is 5.63 Å². The molecule has 0 saturated heterocycles. The molecule has 1 N–H and O–H groups in total. The summed E-state index contributed by atoms with van der Waals surface area (Å²) in [6.07, 6.45) is 1.33. The predicted octanol–water partition coefficient (Wildman–Crippen LogP) is 3.79. The Morgan fingerprint density at radius 3 is 2.74 bits per heavy atom. The van der Waals surface area contributed by atoms with Crippen molar-refractivity contribution >= 4 is 28.8 Å². The molecule has 4 nitrogen and oxygen atoms in total. The highest BCUT2D eigenvalue weighted by molar-refractivity contribution is 6.31. The van der Waals surface area contributed by atoms with Crippen LogP contribution in [0.2, 0.25) is 5.02 Å². The summed E-state index contributed by atoms with van der Waals surface area (Å²) in [6.45, 7) is 5.50. The second-order valence-corrected chi connectivity index (χ2v) is 5.71. The van der Waals surface area contributed by atoms with E-state index in [-0.39, 0.29) is 11.5 Å². The Bertz CT molecular complexity index is 711. The zero-order valence-electron chi connectivity index (χ0n) is 10.9. The molecule has 2 rings (SSSR count). The van der Waals surface area contributed by atoms with Crippen LogP contribution in [0.5, 0.6) is 0 Å². The van der Waals surface area contributed by atoms with Crippen LogP contribution in [0.3, 0.4) is 0 Å². The monoisotopic (exact) mass is 279 g/mol. The fraction of sp³-hybridized carbons (Fsp3) is 0.286. The summed E-state index contributed by atoms with van der Waals surface area (Å²) in [5.74, 6) is 0.0636. The number of halogens is 1. The molecule has 0 aliphatic heterocycles. The Balaban J connectivity index is 2.62. The summed E-state index contributed by atoms with van der Waals surface area (Å²) in [5, 5.41) is 10.4. The van der Waals surface area contributed by atoms with Gasteiger partial charge in [-0.25, -0.2) is 9.78 Å². The molecule has 0 amide bonds. The van der Waals surface area contributed by atoms with E-state index in [1.165, 1.54) is 6.08 Å². The van der Waals surface area contributed by atoms with Crippen LogP contribution in [0.4, 0.5) is 0 Å². The van der Waals surface area contributed by atoms with Crippen LogP contribution in [-0.4, -0.2) is 10.1 Å². The minimum absolute atomic E-state index is 0.0576. The zero-order valence-corrected chi connectivity index (χ0v) is 11.7. The Kier molecular flexibility index (Phi) is 3.37. The topological polar surface area (TPSA) is 63.3 Å². The normalized spacial score (nSPS) is 12.9. The first-order valence-corrected chi connectivity index (χ1v) is 6.17. The fourth-order valence-electron chi connectivity index (χ4n) is 1.43. The van der Waals surface area contributed by atoms with Gasteiger partial charge in [0.25, 0.3) is 0 Å². The minimum atomic E-state index is -0.592. The van der Waals surface area contributed by atoms with Gasteiger partial charge in [0.1, 0.15) is 5.52 Å². The third-order valence-corrected chi connectivity index (χ3v) is 2.85. The lowest BCUT2D eigenvalue weighted by molar-refractivity contribution is 0.282. The Morgan fingerprint density at radius 1 is 1.42 bits per heavy atom. The number of aliphatic hydroxyl groups is 1. The lowest BCUT2D eigenvalue weighted by Gasteiger charge is -2.16. The molecule has 100 valence electrons. The third-order valence-electron chi connectivity index (χ3n) is 2.62. The summed E-state index contributed by atoms with van der Waals surface area (Å²) >= 11 is 5.86. The van der Waals surface area contributed by atoms with Crippen LogP contribution in [-0.2, 0) is 0 Å². The summed E-state index contributed by atoms with van der Waals surface area (Å²) in [4.78, 5) is 15.9. The predicted molar refractivity (Wildman–Crippen MR) is 75.3 cm³/mol. The van der Waals surface area contributed by atoms with Gasteiger partial charge in [0.2, 0.25) is 0 Å². The second-order valence-electron chi connectivity index (χ2n) is 5.28. The molecule has 0 saturated carbocycles. The molecule has 1 heterocycles. The maximum atomic E-state index is 11.8. The van der Waals surface area contributed by atoms with Crippen molar-refractivity contribution in [3.8, 4) is 0 Å². The quantitative estimate of drug-likeness (QED) is 0.807. The lowest BCUT2D eigenvalue weighted by Crippen LogP contribution is -2.12. The van der Waals surface area contributed by atoms with Gasteiger partial charge in [0.15, 0.2) is 11.3 Å². The number of allylic oxidation sites excluding steroid dienone is 1. The average Bonchev–Trinajstić information content (AvgIpc) is 2.29. The standard InChI is InChI=1S/C14H14ClNO3/c1-14(2,3)12(17)7-10-13(18)19-11-5-4-8(15)6-9(11)16-10/h4-7,17H,1-3H3/b12-7-. The number of fused-ring (bicyclic) bond motifs is 1. The van der Waals surface area contributed by atoms with Gasteiger partial charge in [-0.3, -0.25) is 0 Å². The van der Waals surface area contributed by atoms with E-state index in [4.69, 9.17) is 16.0 Å². The molecule has 0 bridgehead atoms. The van der Waals surface area contributed by atoms with Gasteiger partial charge in [0.05, 0.1) is 5.76 Å². The molecule has 2 aromatic rings. The molecule has 19 heavy (non-hydrogen) atoms. The van der Waals surface area contributed by atoms with Gasteiger partial charge in [0, 0.05) is 16.5 Å². The molecule has 1 aromatic heterocycles. The molecule has 1 aromatic carbocycles. The molecule has 0 radical (unpaired) electrons. The highest BCUT2D eigenvalue weighted by atomic mass is 35.5. The summed E-state index contributed by atoms with van der Waals surface area (Å²) in [6, 6.07) is 4.81. The van der Waals surface area contributed by atoms with E-state index >= 15 is 0 Å². The number of nitrogens with zero attached hydrogens (tertiary/aromatic N) is 1. The first-order chi connectivity index (χ1) is 8.77. The number of aliphatic hydroxyl groups excluding tert-OH is 1. The molecule has 5 heteroatoms. The smallest absolute Gasteiger partial charge is 0.362 e. The number of aromatic nitrogens is 1. The van der Waals surface area contributed by atoms with Crippen molar-refractivity contribution in [3.63, 3.8) is 0 Å². The van der Waals surface area contributed by atoms with E-state index in [9.17, 15) is 9.90 Å². The minimum Gasteiger partial charge on any atom is -0.512 e. The number of benzene rings is 1. The van der Waals surface area contributed by atoms with Gasteiger partial charge >= 0.3 is 5.63 Å². The average molecular weight is 280 g/mol. The Hall–Kier alpha value is -1.81. The molecule has 0 aliphatic rings. The van der Waals surface area contributed by atoms with E-state index < -0.39 is 11.0 Å². The van der Waals surface area contributed by atoms with Crippen molar-refractivity contribution in [3.05, 3.63) is 45.1 Å². The Labute approximate surface area is 115 Å². The highest BCUT2D eigenvalue weighted by Gasteiger charge is 2.17. The second kappa shape index (κ2) is 4.70. The highest BCUT2D eigenvalue weighted by Crippen LogP contribution is 2.24. The molecule has 0 atom stereocenters. The van der Waals surface area contributed by atoms with Crippen LogP contribution in [0.25, 0.3) is 17.2 Å². The lowest BCUT2D eigenvalue weighted by atomic mass is 9.93. The van der Waals surface area contributed by atoms with Crippen molar-refractivity contribution in [1.29, 1.82) is 0 Å². The van der Waals surface area contributed by atoms with E-state index in [2.05, 4.69) is 4.98 Å². The molecular weight excluding hydrogens is 266 g/mol. The van der Waals surface area contributed by atoms with Crippen LogP contribution in [0.15, 0.2) is 33.2 Å². The first kappa shape index (κ1) is 13.6. The van der Waals surface area contributed by atoms with Crippen molar-refractivity contribution in [2.24, 2.45) is 5.41 Å². The number of hydrogen-bond donors (Lipinski definition) is 1. The summed E-state index contributed by atoms with van der Waals surface area (Å²) in [7, 11) is 0. The van der Waals surface area contributed by atoms with Crippen LogP contribution >= 0.6 is 11.6 Å². The molecule has 0 spiro atoms. The first-order valence-electron chi connectivity index (χ1n) is 5.79. The largest absolute Gasteiger partial charge is 0.512 e. The molecule has 0 fully saturated rings. The van der Waals surface area contributed by atoms with Crippen molar-refractivity contribution in [2.75, 3.05) is 0 Å². The van der Waals surface area contributed by atoms with Gasteiger partial charge in [-0.2, -0.15) is 0 Å². The van der Waals surface area contributed by atoms with E-state index in [1.807, 2.05) is 20.8 Å². The molecule has 0 unspecified atom stereocenters. The van der Waals surface area contributed by atoms with Crippen LogP contribution in [0, 0.1) is 5.41 Å².